The van der Waals surface area contributed by atoms with Crippen molar-refractivity contribution in [1.82, 2.24) is 4.57 Å². The summed E-state index contributed by atoms with van der Waals surface area (Å²) in [7, 11) is 0. The van der Waals surface area contributed by atoms with Gasteiger partial charge in [0.1, 0.15) is 0 Å². The molecule has 24 aromatic rings. The first-order valence-corrected chi connectivity index (χ1v) is 41.5. The van der Waals surface area contributed by atoms with Crippen LogP contribution in [0.5, 0.6) is 0 Å². The normalized spacial score (nSPS) is 12.6. The van der Waals surface area contributed by atoms with Crippen LogP contribution in [0.2, 0.25) is 0 Å². The van der Waals surface area contributed by atoms with Gasteiger partial charge in [0, 0.05) is 70.2 Å². The third-order valence-electron chi connectivity index (χ3n) is 23.9. The van der Waals surface area contributed by atoms with E-state index in [1.807, 2.05) is 142 Å². The molecule has 0 aliphatic rings. The number of thiophene rings is 1. The molecule has 0 aliphatic heterocycles. The van der Waals surface area contributed by atoms with Crippen molar-refractivity contribution in [1.29, 1.82) is 0 Å². The molecule has 0 spiro atoms. The summed E-state index contributed by atoms with van der Waals surface area (Å²) in [6.45, 7) is 0. The van der Waals surface area contributed by atoms with Gasteiger partial charge in [-0.2, -0.15) is 0 Å². The summed E-state index contributed by atoms with van der Waals surface area (Å²) in [5.41, 5.74) is 15.0. The Hall–Kier alpha value is -15.5. The van der Waals surface area contributed by atoms with Crippen molar-refractivity contribution in [3.8, 4) is 61.3 Å². The molecule has 0 bridgehead atoms. The topological polar surface area (TPSA) is 11.4 Å². The van der Waals surface area contributed by atoms with E-state index in [1.165, 1.54) is 32.3 Å². The molecule has 22 aromatic carbocycles. The fraction of sp³-hybridized carbons (Fsp3) is 0. The van der Waals surface area contributed by atoms with Crippen molar-refractivity contribution in [2.24, 2.45) is 0 Å². The van der Waals surface area contributed by atoms with Gasteiger partial charge in [-0.15, -0.1) is 11.3 Å². The second-order valence-electron chi connectivity index (χ2n) is 30.6. The van der Waals surface area contributed by atoms with Gasteiger partial charge < -0.3 is 14.4 Å². The second kappa shape index (κ2) is 29.4. The van der Waals surface area contributed by atoms with Gasteiger partial charge in [0.05, 0.1) is 33.4 Å². The van der Waals surface area contributed by atoms with E-state index in [-0.39, 0.29) is 65.4 Å². The number of aromatic nitrogens is 1. The van der Waals surface area contributed by atoms with Crippen LogP contribution >= 0.6 is 11.3 Å². The van der Waals surface area contributed by atoms with Crippen LogP contribution in [0.3, 0.4) is 0 Å². The van der Waals surface area contributed by atoms with E-state index in [1.54, 1.807) is 11.3 Å². The minimum atomic E-state index is -0.133. The van der Waals surface area contributed by atoms with Crippen LogP contribution in [0.4, 0.5) is 34.1 Å². The third kappa shape index (κ3) is 11.8. The Morgan fingerprint density at radius 2 is 0.517 bits per heavy atom. The highest BCUT2D eigenvalue weighted by molar-refractivity contribution is 7.26. The molecular weight excluding hydrogens is 1470 g/mol. The monoisotopic (exact) mass is 1550 g/mol. The minimum absolute atomic E-state index is 0.0807. The van der Waals surface area contributed by atoms with E-state index in [0.717, 1.165) is 157 Å². The van der Waals surface area contributed by atoms with Gasteiger partial charge in [-0.05, 0) is 222 Å². The molecule has 2 aromatic heterocycles. The highest BCUT2D eigenvalue weighted by atomic mass is 32.1. The first-order chi connectivity index (χ1) is 62.9. The molecular formula is C116H75N3S. The molecule has 0 radical (unpaired) electrons. The van der Waals surface area contributed by atoms with Crippen molar-refractivity contribution in [3.05, 3.63) is 455 Å². The number of benzene rings is 22. The molecule has 24 rings (SSSR count). The quantitative estimate of drug-likeness (QED) is 0.113. The van der Waals surface area contributed by atoms with Crippen LogP contribution in [-0.2, 0) is 0 Å². The summed E-state index contributed by atoms with van der Waals surface area (Å²) in [5, 5.41) is 21.6. The minimum Gasteiger partial charge on any atom is -0.310 e. The maximum atomic E-state index is 9.91. The van der Waals surface area contributed by atoms with Gasteiger partial charge in [0.2, 0.25) is 0 Å². The lowest BCUT2D eigenvalue weighted by atomic mass is 9.85. The Morgan fingerprint density at radius 3 is 0.933 bits per heavy atom. The molecule has 4 heteroatoms. The standard InChI is InChI=1S/C58H38N2.C58H37NS/c1-2-16-39(17-3-1)57-52-26-10-7-21-47(52)48-22-8-11-27-53(48)58(57)40-30-32-42(33-31-40)59(56-38-41-18-4-5-19-45(41)46-20-6-9-23-49(46)56)43-34-36-44(37-35-43)60-54-28-14-12-24-50(54)51-25-13-15-29-55(51)60;1-2-15-39(16-3-1)56-51-24-10-7-20-47(51)48-21-8-11-25-52(48)57(56)40-31-35-43(36-32-40)59(54-37-41-17-4-5-18-44(41)46-19-6-9-22-49(46)54)42-33-29-38(30-34-42)45-26-14-27-53-50-23-12-13-28-55(50)60-58(45)53/h1-38H;1-37H/i34D,35D,36D,37D;29D,30D,33D,34D. The van der Waals surface area contributed by atoms with E-state index >= 15 is 0 Å². The van der Waals surface area contributed by atoms with Gasteiger partial charge >= 0.3 is 0 Å². The zero-order chi connectivity index (χ0) is 86.1. The maximum absolute atomic E-state index is 9.91. The average Bonchev–Trinajstić information content (AvgIpc) is 0.962. The average molecular weight is 1550 g/mol. The third-order valence-corrected chi connectivity index (χ3v) is 25.1. The second-order valence-corrected chi connectivity index (χ2v) is 31.6. The molecule has 0 N–H and O–H groups in total. The number of anilines is 6. The van der Waals surface area contributed by atoms with Crippen molar-refractivity contribution in [3.63, 3.8) is 0 Å². The number of rotatable bonds is 12. The van der Waals surface area contributed by atoms with Crippen LogP contribution in [0.25, 0.3) is 189 Å². The summed E-state index contributed by atoms with van der Waals surface area (Å²) in [6, 6.07) is 139. The first-order valence-electron chi connectivity index (χ1n) is 44.6. The Balaban J connectivity index is 0.000000146. The lowest BCUT2D eigenvalue weighted by molar-refractivity contribution is 1.17. The fourth-order valence-electron chi connectivity index (χ4n) is 18.6. The van der Waals surface area contributed by atoms with E-state index in [9.17, 15) is 11.0 Å². The fourth-order valence-corrected chi connectivity index (χ4v) is 19.9. The largest absolute Gasteiger partial charge is 0.310 e. The molecule has 0 atom stereocenters. The van der Waals surface area contributed by atoms with E-state index in [4.69, 9.17) is 0 Å². The zero-order valence-electron chi connectivity index (χ0n) is 72.9. The molecule has 0 saturated heterocycles. The Labute approximate surface area is 710 Å². The summed E-state index contributed by atoms with van der Waals surface area (Å²) in [4.78, 5) is 3.88. The van der Waals surface area contributed by atoms with Gasteiger partial charge in [-0.3, -0.25) is 0 Å². The van der Waals surface area contributed by atoms with Gasteiger partial charge in [0.15, 0.2) is 0 Å². The molecule has 3 nitrogen and oxygen atoms in total. The molecule has 0 saturated carbocycles. The van der Waals surface area contributed by atoms with Gasteiger partial charge in [-0.25, -0.2) is 0 Å². The molecule has 0 fully saturated rings. The molecule has 0 unspecified atom stereocenters. The van der Waals surface area contributed by atoms with Crippen LogP contribution < -0.4 is 9.80 Å². The van der Waals surface area contributed by atoms with Crippen molar-refractivity contribution in [2.75, 3.05) is 9.80 Å². The van der Waals surface area contributed by atoms with Crippen LogP contribution in [0.1, 0.15) is 11.0 Å². The number of hydrogen-bond acceptors (Lipinski definition) is 3. The van der Waals surface area contributed by atoms with Crippen LogP contribution in [0, 0.1) is 0 Å². The summed E-state index contributed by atoms with van der Waals surface area (Å²) < 4.78 is 82.5. The molecule has 2 heterocycles. The van der Waals surface area contributed by atoms with Crippen LogP contribution in [-0.4, -0.2) is 4.57 Å². The number of fused-ring (bicyclic) bond motifs is 18. The lowest BCUT2D eigenvalue weighted by Gasteiger charge is -2.28. The Kier molecular flexibility index (Phi) is 15.2. The highest BCUT2D eigenvalue weighted by Gasteiger charge is 2.25. The van der Waals surface area contributed by atoms with Crippen molar-refractivity contribution >= 4 is 174 Å². The number of hydrogen-bond donors (Lipinski definition) is 0. The summed E-state index contributed by atoms with van der Waals surface area (Å²) in [5.74, 6) is 0. The van der Waals surface area contributed by atoms with Gasteiger partial charge in [-0.1, -0.05) is 364 Å². The number of nitrogens with zero attached hydrogens (tertiary/aromatic N) is 3. The first kappa shape index (κ1) is 61.9. The number of para-hydroxylation sites is 2. The Bertz CT molecular complexity index is 8570. The molecule has 560 valence electrons. The molecule has 120 heavy (non-hydrogen) atoms. The van der Waals surface area contributed by atoms with Crippen LogP contribution in [0.15, 0.2) is 455 Å². The lowest BCUT2D eigenvalue weighted by Crippen LogP contribution is -2.11. The SMILES string of the molecule is [2H]c1c([2H])c(-n2c3ccccc3c3ccccc32)c([2H])c([2H])c1N(c1ccc(-c2c(-c3ccccc3)c3ccccc3c3ccccc23)cc1)c1cc2ccccc2c2ccccc12.[2H]c1c([2H])c(N(c2ccc(-c3c(-c4ccccc4)c4ccccc4c4ccccc34)cc2)c2cc3ccccc3c3ccccc23)c([2H])c([2H])c1-c1cccc2c1sc1ccccc12. The smallest absolute Gasteiger partial charge is 0.0646 e. The molecule has 0 amide bonds. The Morgan fingerprint density at radius 1 is 0.208 bits per heavy atom. The zero-order valence-corrected chi connectivity index (χ0v) is 65.7. The van der Waals surface area contributed by atoms with Crippen molar-refractivity contribution in [2.45, 2.75) is 0 Å². The van der Waals surface area contributed by atoms with Gasteiger partial charge in [0.25, 0.3) is 0 Å². The molecule has 0 aliphatic carbocycles. The predicted molar refractivity (Wildman–Crippen MR) is 517 cm³/mol. The van der Waals surface area contributed by atoms with Crippen molar-refractivity contribution < 1.29 is 11.0 Å². The highest BCUT2D eigenvalue weighted by Crippen LogP contribution is 2.51. The predicted octanol–water partition coefficient (Wildman–Crippen LogP) is 33.3. The van der Waals surface area contributed by atoms with E-state index in [0.29, 0.717) is 16.8 Å². The van der Waals surface area contributed by atoms with E-state index < -0.39 is 0 Å². The summed E-state index contributed by atoms with van der Waals surface area (Å²) in [6.07, 6.45) is 0. The summed E-state index contributed by atoms with van der Waals surface area (Å²) >= 11 is 1.62. The van der Waals surface area contributed by atoms with E-state index in [2.05, 4.69) is 279 Å². The maximum Gasteiger partial charge on any atom is 0.0646 e.